The minimum absolute atomic E-state index is 0.440. The molecule has 1 heterocycles. The lowest BCUT2D eigenvalue weighted by Crippen LogP contribution is -2.35. The van der Waals surface area contributed by atoms with E-state index in [9.17, 15) is 4.79 Å². The second-order valence-electron chi connectivity index (χ2n) is 4.42. The third-order valence-corrected chi connectivity index (χ3v) is 3.29. The van der Waals surface area contributed by atoms with Crippen molar-refractivity contribution in [2.75, 3.05) is 4.90 Å². The molecule has 0 saturated carbocycles. The molecule has 1 aromatic rings. The number of hydrogen-bond donors (Lipinski definition) is 1. The molecule has 3 nitrogen and oxygen atoms in total. The lowest BCUT2D eigenvalue weighted by atomic mass is 10.0. The lowest BCUT2D eigenvalue weighted by Gasteiger charge is -2.25. The first-order valence-corrected chi connectivity index (χ1v) is 6.04. The first kappa shape index (κ1) is 10.8. The van der Waals surface area contributed by atoms with E-state index < -0.39 is 6.03 Å². The molecule has 90 valence electrons. The summed E-state index contributed by atoms with van der Waals surface area (Å²) in [5, 5.41) is 0. The Morgan fingerprint density at radius 1 is 1.17 bits per heavy atom. The summed E-state index contributed by atoms with van der Waals surface area (Å²) < 4.78 is 0. The molecule has 0 fully saturated rings. The highest BCUT2D eigenvalue weighted by molar-refractivity contribution is 5.98. The van der Waals surface area contributed by atoms with Crippen LogP contribution in [0.5, 0.6) is 0 Å². The van der Waals surface area contributed by atoms with Crippen LogP contribution < -0.4 is 10.6 Å². The number of rotatable bonds is 0. The predicted octanol–water partition coefficient (Wildman–Crippen LogP) is 3.20. The van der Waals surface area contributed by atoms with Crippen LogP contribution in [0.4, 0.5) is 10.5 Å². The van der Waals surface area contributed by atoms with Gasteiger partial charge in [-0.25, -0.2) is 4.79 Å². The van der Waals surface area contributed by atoms with E-state index >= 15 is 0 Å². The number of benzene rings is 1. The highest BCUT2D eigenvalue weighted by Gasteiger charge is 2.23. The zero-order chi connectivity index (χ0) is 12.5. The summed E-state index contributed by atoms with van der Waals surface area (Å²) in [5.41, 5.74) is 9.47. The number of urea groups is 1. The minimum atomic E-state index is -0.440. The van der Waals surface area contributed by atoms with Crippen molar-refractivity contribution in [1.82, 2.24) is 0 Å². The molecule has 2 amide bonds. The van der Waals surface area contributed by atoms with Crippen LogP contribution in [0.1, 0.15) is 18.4 Å². The van der Waals surface area contributed by atoms with Gasteiger partial charge in [0.2, 0.25) is 0 Å². The van der Waals surface area contributed by atoms with Gasteiger partial charge in [-0.2, -0.15) is 0 Å². The Kier molecular flexibility index (Phi) is 2.52. The van der Waals surface area contributed by atoms with E-state index in [1.165, 1.54) is 0 Å². The number of primary amides is 1. The molecule has 2 aliphatic rings. The van der Waals surface area contributed by atoms with Gasteiger partial charge in [-0.15, -0.1) is 0 Å². The van der Waals surface area contributed by atoms with Crippen LogP contribution in [0.3, 0.4) is 0 Å². The summed E-state index contributed by atoms with van der Waals surface area (Å²) in [5.74, 6) is 0. The second-order valence-corrected chi connectivity index (χ2v) is 4.42. The van der Waals surface area contributed by atoms with Crippen LogP contribution in [0.15, 0.2) is 53.8 Å². The number of nitrogens with zero attached hydrogens (tertiary/aromatic N) is 1. The molecular formula is C15H14N2O. The third-order valence-electron chi connectivity index (χ3n) is 3.29. The van der Waals surface area contributed by atoms with Crippen molar-refractivity contribution in [2.24, 2.45) is 5.73 Å². The van der Waals surface area contributed by atoms with Gasteiger partial charge in [-0.05, 0) is 36.1 Å². The normalized spacial score (nSPS) is 17.2. The van der Waals surface area contributed by atoms with E-state index in [0.717, 1.165) is 35.4 Å². The zero-order valence-electron chi connectivity index (χ0n) is 9.97. The van der Waals surface area contributed by atoms with Crippen LogP contribution in [0, 0.1) is 0 Å². The number of anilines is 1. The maximum Gasteiger partial charge on any atom is 0.323 e. The standard InChI is InChI=1S/C15H14N2O/c16-15(18)17-13-7-3-1-5-11(13)9-10-12-6-2-4-8-14(12)17/h1,3-5,7-10H,2,6H2,(H2,16,18). The SMILES string of the molecule is NC(=O)N1C2=C(C=Cc3ccccc31)CCC=C2. The number of nitrogens with two attached hydrogens (primary N) is 1. The quantitative estimate of drug-likeness (QED) is 0.741. The molecule has 0 spiro atoms. The molecule has 0 atom stereocenters. The van der Waals surface area contributed by atoms with Crippen LogP contribution in [-0.4, -0.2) is 6.03 Å². The lowest BCUT2D eigenvalue weighted by molar-refractivity contribution is 0.255. The predicted molar refractivity (Wildman–Crippen MR) is 72.9 cm³/mol. The molecule has 1 aliphatic heterocycles. The maximum atomic E-state index is 11.8. The van der Waals surface area contributed by atoms with Crippen molar-refractivity contribution in [1.29, 1.82) is 0 Å². The number of carbonyl (C=O) groups excluding carboxylic acids is 1. The van der Waals surface area contributed by atoms with E-state index in [4.69, 9.17) is 5.73 Å². The average Bonchev–Trinajstić information content (AvgIpc) is 2.55. The number of amides is 2. The number of allylic oxidation sites excluding steroid dienone is 4. The summed E-state index contributed by atoms with van der Waals surface area (Å²) in [7, 11) is 0. The summed E-state index contributed by atoms with van der Waals surface area (Å²) in [6.07, 6.45) is 10.1. The molecule has 3 rings (SSSR count). The highest BCUT2D eigenvalue weighted by atomic mass is 16.2. The van der Waals surface area contributed by atoms with E-state index in [2.05, 4.69) is 12.2 Å². The Balaban J connectivity index is 2.23. The summed E-state index contributed by atoms with van der Waals surface area (Å²) in [6.45, 7) is 0. The number of fused-ring (bicyclic) bond motifs is 1. The van der Waals surface area contributed by atoms with Crippen LogP contribution in [0.2, 0.25) is 0 Å². The topological polar surface area (TPSA) is 46.3 Å². The van der Waals surface area contributed by atoms with Gasteiger partial charge in [-0.3, -0.25) is 4.90 Å². The molecule has 1 aliphatic carbocycles. The Morgan fingerprint density at radius 2 is 2.00 bits per heavy atom. The smallest absolute Gasteiger partial charge is 0.323 e. The van der Waals surface area contributed by atoms with Gasteiger partial charge in [0.05, 0.1) is 11.4 Å². The minimum Gasteiger partial charge on any atom is -0.351 e. The molecule has 18 heavy (non-hydrogen) atoms. The fraction of sp³-hybridized carbons (Fsp3) is 0.133. The van der Waals surface area contributed by atoms with Crippen molar-refractivity contribution in [3.05, 3.63) is 59.3 Å². The molecule has 0 bridgehead atoms. The monoisotopic (exact) mass is 238 g/mol. The molecular weight excluding hydrogens is 224 g/mol. The van der Waals surface area contributed by atoms with Crippen molar-refractivity contribution in [3.8, 4) is 0 Å². The Morgan fingerprint density at radius 3 is 2.83 bits per heavy atom. The van der Waals surface area contributed by atoms with Crippen molar-refractivity contribution < 1.29 is 4.79 Å². The fourth-order valence-corrected chi connectivity index (χ4v) is 2.45. The van der Waals surface area contributed by atoms with Crippen molar-refractivity contribution in [3.63, 3.8) is 0 Å². The molecule has 2 N–H and O–H groups in total. The third kappa shape index (κ3) is 1.64. The molecule has 1 aromatic carbocycles. The van der Waals surface area contributed by atoms with Crippen molar-refractivity contribution in [2.45, 2.75) is 12.8 Å². The first-order chi connectivity index (χ1) is 8.77. The number of para-hydroxylation sites is 1. The Bertz CT molecular complexity index is 596. The fourth-order valence-electron chi connectivity index (χ4n) is 2.45. The summed E-state index contributed by atoms with van der Waals surface area (Å²) in [6, 6.07) is 7.35. The summed E-state index contributed by atoms with van der Waals surface area (Å²) in [4.78, 5) is 13.4. The molecule has 0 aromatic heterocycles. The Labute approximate surface area is 106 Å². The van der Waals surface area contributed by atoms with E-state index in [0.29, 0.717) is 0 Å². The number of carbonyl (C=O) groups is 1. The van der Waals surface area contributed by atoms with Gasteiger partial charge in [0.25, 0.3) is 0 Å². The zero-order valence-corrected chi connectivity index (χ0v) is 9.97. The molecule has 0 radical (unpaired) electrons. The maximum absolute atomic E-state index is 11.8. The Hall–Kier alpha value is -2.29. The first-order valence-electron chi connectivity index (χ1n) is 6.04. The van der Waals surface area contributed by atoms with Gasteiger partial charge in [0.1, 0.15) is 0 Å². The van der Waals surface area contributed by atoms with Crippen molar-refractivity contribution >= 4 is 17.8 Å². The van der Waals surface area contributed by atoms with E-state index in [1.807, 2.05) is 36.4 Å². The van der Waals surface area contributed by atoms with E-state index in [1.54, 1.807) is 4.90 Å². The van der Waals surface area contributed by atoms with Crippen LogP contribution >= 0.6 is 0 Å². The van der Waals surface area contributed by atoms with Gasteiger partial charge >= 0.3 is 6.03 Å². The molecule has 0 saturated heterocycles. The van der Waals surface area contributed by atoms with Gasteiger partial charge in [0.15, 0.2) is 0 Å². The molecule has 0 unspecified atom stereocenters. The van der Waals surface area contributed by atoms with Crippen LogP contribution in [0.25, 0.3) is 6.08 Å². The number of hydrogen-bond acceptors (Lipinski definition) is 1. The average molecular weight is 238 g/mol. The van der Waals surface area contributed by atoms with Crippen LogP contribution in [-0.2, 0) is 0 Å². The van der Waals surface area contributed by atoms with Gasteiger partial charge < -0.3 is 5.73 Å². The molecule has 3 heteroatoms. The summed E-state index contributed by atoms with van der Waals surface area (Å²) >= 11 is 0. The highest BCUT2D eigenvalue weighted by Crippen LogP contribution is 2.34. The van der Waals surface area contributed by atoms with Gasteiger partial charge in [0, 0.05) is 0 Å². The van der Waals surface area contributed by atoms with Gasteiger partial charge in [-0.1, -0.05) is 36.4 Å². The van der Waals surface area contributed by atoms with E-state index in [-0.39, 0.29) is 0 Å². The second kappa shape index (κ2) is 4.18. The largest absolute Gasteiger partial charge is 0.351 e.